The van der Waals surface area contributed by atoms with Crippen LogP contribution in [-0.2, 0) is 6.54 Å². The first-order chi connectivity index (χ1) is 10.1. The van der Waals surface area contributed by atoms with E-state index in [1.165, 1.54) is 4.68 Å². The Morgan fingerprint density at radius 1 is 1.48 bits per heavy atom. The smallest absolute Gasteiger partial charge is 0.261 e. The van der Waals surface area contributed by atoms with Gasteiger partial charge in [0.2, 0.25) is 5.95 Å². The number of aryl methyl sites for hydroxylation is 2. The molecule has 1 heterocycles. The average Bonchev–Trinajstić information content (AvgIpc) is 2.93. The van der Waals surface area contributed by atoms with Crippen molar-refractivity contribution in [3.8, 4) is 5.75 Å². The number of benzene rings is 1. The zero-order chi connectivity index (χ0) is 15.4. The lowest BCUT2D eigenvalue weighted by Gasteiger charge is -2.14. The van der Waals surface area contributed by atoms with Crippen LogP contribution >= 0.6 is 11.8 Å². The summed E-state index contributed by atoms with van der Waals surface area (Å²) in [4.78, 5) is 13.4. The van der Waals surface area contributed by atoms with Gasteiger partial charge in [-0.3, -0.25) is 10.1 Å². The van der Waals surface area contributed by atoms with E-state index < -0.39 is 0 Å². The van der Waals surface area contributed by atoms with Gasteiger partial charge in [0.05, 0.1) is 17.6 Å². The van der Waals surface area contributed by atoms with Gasteiger partial charge in [-0.25, -0.2) is 4.68 Å². The van der Waals surface area contributed by atoms with Crippen molar-refractivity contribution in [1.82, 2.24) is 20.2 Å². The van der Waals surface area contributed by atoms with Crippen LogP contribution in [0.4, 0.5) is 5.95 Å². The van der Waals surface area contributed by atoms with Gasteiger partial charge in [-0.2, -0.15) is 0 Å². The number of anilines is 1. The van der Waals surface area contributed by atoms with Gasteiger partial charge in [-0.1, -0.05) is 11.2 Å². The molecule has 0 bridgehead atoms. The predicted molar refractivity (Wildman–Crippen MR) is 81.0 cm³/mol. The highest BCUT2D eigenvalue weighted by molar-refractivity contribution is 7.98. The van der Waals surface area contributed by atoms with Crippen LogP contribution in [0.25, 0.3) is 0 Å². The Bertz CT molecular complexity index is 656. The number of carbonyl (C=O) groups excluding carboxylic acids is 1. The Morgan fingerprint density at radius 2 is 2.24 bits per heavy atom. The maximum absolute atomic E-state index is 12.4. The minimum atomic E-state index is -0.299. The van der Waals surface area contributed by atoms with Gasteiger partial charge in [-0.05, 0) is 42.2 Å². The van der Waals surface area contributed by atoms with Crippen LogP contribution in [0.2, 0.25) is 0 Å². The molecule has 0 atom stereocenters. The van der Waals surface area contributed by atoms with Crippen molar-refractivity contribution in [1.29, 1.82) is 0 Å². The van der Waals surface area contributed by atoms with Crippen LogP contribution in [0.1, 0.15) is 22.8 Å². The lowest BCUT2D eigenvalue weighted by atomic mass is 10.1. The summed E-state index contributed by atoms with van der Waals surface area (Å²) in [7, 11) is 1.56. The highest BCUT2D eigenvalue weighted by Gasteiger charge is 2.19. The van der Waals surface area contributed by atoms with E-state index in [-0.39, 0.29) is 5.91 Å². The summed E-state index contributed by atoms with van der Waals surface area (Å²) in [5, 5.41) is 13.8. The molecule has 112 valence electrons. The zero-order valence-corrected chi connectivity index (χ0v) is 13.2. The van der Waals surface area contributed by atoms with E-state index in [0.717, 1.165) is 10.5 Å². The molecule has 21 heavy (non-hydrogen) atoms. The van der Waals surface area contributed by atoms with Crippen LogP contribution in [0.5, 0.6) is 5.75 Å². The quantitative estimate of drug-likeness (QED) is 0.851. The number of ether oxygens (including phenoxy) is 1. The Balaban J connectivity index is 2.35. The first kappa shape index (κ1) is 15.3. The summed E-state index contributed by atoms with van der Waals surface area (Å²) in [5.41, 5.74) is 1.52. The molecule has 0 saturated heterocycles. The standard InChI is InChI=1S/C13H17N5O2S/c1-5-18-13(15-16-17-18)14-12(19)9-7-6-8(2)11(21-4)10(9)20-3/h6-7H,5H2,1-4H3,(H,14,15,17,19). The summed E-state index contributed by atoms with van der Waals surface area (Å²) in [5.74, 6) is 0.581. The number of methoxy groups -OCH3 is 1. The molecule has 1 amide bonds. The molecule has 1 aromatic heterocycles. The molecule has 0 aliphatic rings. The maximum atomic E-state index is 12.4. The topological polar surface area (TPSA) is 81.9 Å². The van der Waals surface area contributed by atoms with Crippen molar-refractivity contribution < 1.29 is 9.53 Å². The summed E-state index contributed by atoms with van der Waals surface area (Å²) < 4.78 is 6.91. The van der Waals surface area contributed by atoms with Crippen LogP contribution in [0.3, 0.4) is 0 Å². The number of hydrogen-bond acceptors (Lipinski definition) is 6. The molecule has 2 rings (SSSR count). The number of nitrogens with one attached hydrogen (secondary N) is 1. The van der Waals surface area contributed by atoms with Gasteiger partial charge < -0.3 is 4.74 Å². The normalized spacial score (nSPS) is 10.5. The molecule has 2 aromatic rings. The first-order valence-corrected chi connectivity index (χ1v) is 7.63. The van der Waals surface area contributed by atoms with E-state index in [9.17, 15) is 4.79 Å². The number of amides is 1. The number of carbonyl (C=O) groups is 1. The molecule has 0 spiro atoms. The molecule has 1 aromatic carbocycles. The third-order valence-corrected chi connectivity index (χ3v) is 3.93. The third kappa shape index (κ3) is 2.99. The number of hydrogen-bond donors (Lipinski definition) is 1. The van der Waals surface area contributed by atoms with Crippen LogP contribution in [0, 0.1) is 6.92 Å². The highest BCUT2D eigenvalue weighted by atomic mass is 32.2. The van der Waals surface area contributed by atoms with Gasteiger partial charge in [-0.15, -0.1) is 11.8 Å². The Kier molecular flexibility index (Phi) is 4.79. The summed E-state index contributed by atoms with van der Waals surface area (Å²) in [6, 6.07) is 3.63. The minimum absolute atomic E-state index is 0.299. The van der Waals surface area contributed by atoms with E-state index in [4.69, 9.17) is 4.74 Å². The van der Waals surface area contributed by atoms with Crippen molar-refractivity contribution in [3.05, 3.63) is 23.3 Å². The fraction of sp³-hybridized carbons (Fsp3) is 0.385. The molecule has 7 nitrogen and oxygen atoms in total. The second-order valence-corrected chi connectivity index (χ2v) is 5.09. The van der Waals surface area contributed by atoms with Gasteiger partial charge in [0.15, 0.2) is 0 Å². The van der Waals surface area contributed by atoms with E-state index in [0.29, 0.717) is 23.8 Å². The number of aromatic nitrogens is 4. The third-order valence-electron chi connectivity index (χ3n) is 3.02. The molecule has 0 fully saturated rings. The number of tetrazole rings is 1. The predicted octanol–water partition coefficient (Wildman–Crippen LogP) is 1.98. The van der Waals surface area contributed by atoms with E-state index >= 15 is 0 Å². The van der Waals surface area contributed by atoms with Gasteiger partial charge in [0.25, 0.3) is 5.91 Å². The monoisotopic (exact) mass is 307 g/mol. The van der Waals surface area contributed by atoms with Crippen molar-refractivity contribution in [2.24, 2.45) is 0 Å². The molecular weight excluding hydrogens is 290 g/mol. The molecule has 1 N–H and O–H groups in total. The fourth-order valence-corrected chi connectivity index (χ4v) is 2.74. The molecule has 0 aliphatic heterocycles. The Morgan fingerprint density at radius 3 is 2.86 bits per heavy atom. The Hall–Kier alpha value is -2.09. The molecular formula is C13H17N5O2S. The zero-order valence-electron chi connectivity index (χ0n) is 12.4. The molecule has 0 radical (unpaired) electrons. The van der Waals surface area contributed by atoms with Gasteiger partial charge in [0, 0.05) is 6.54 Å². The van der Waals surface area contributed by atoms with E-state index in [2.05, 4.69) is 20.8 Å². The first-order valence-electron chi connectivity index (χ1n) is 6.41. The van der Waals surface area contributed by atoms with Crippen LogP contribution in [0.15, 0.2) is 17.0 Å². The summed E-state index contributed by atoms with van der Waals surface area (Å²) in [6.45, 7) is 4.45. The Labute approximate surface area is 127 Å². The minimum Gasteiger partial charge on any atom is -0.495 e. The largest absolute Gasteiger partial charge is 0.495 e. The molecule has 0 saturated carbocycles. The van der Waals surface area contributed by atoms with E-state index in [1.54, 1.807) is 24.9 Å². The van der Waals surface area contributed by atoms with E-state index in [1.807, 2.05) is 26.2 Å². The SMILES string of the molecule is CCn1nnnc1NC(=O)c1ccc(C)c(SC)c1OC. The van der Waals surface area contributed by atoms with Crippen molar-refractivity contribution in [3.63, 3.8) is 0 Å². The maximum Gasteiger partial charge on any atom is 0.261 e. The highest BCUT2D eigenvalue weighted by Crippen LogP contribution is 2.34. The molecule has 8 heteroatoms. The molecule has 0 aliphatic carbocycles. The fourth-order valence-electron chi connectivity index (χ4n) is 1.97. The summed E-state index contributed by atoms with van der Waals surface area (Å²) in [6.07, 6.45) is 1.95. The van der Waals surface area contributed by atoms with Crippen molar-refractivity contribution in [2.75, 3.05) is 18.7 Å². The second-order valence-electron chi connectivity index (χ2n) is 4.27. The number of nitrogens with zero attached hydrogens (tertiary/aromatic N) is 4. The lowest BCUT2D eigenvalue weighted by Crippen LogP contribution is -2.17. The number of thioether (sulfide) groups is 1. The van der Waals surface area contributed by atoms with Gasteiger partial charge >= 0.3 is 0 Å². The van der Waals surface area contributed by atoms with Crippen LogP contribution in [-0.4, -0.2) is 39.5 Å². The van der Waals surface area contributed by atoms with Gasteiger partial charge in [0.1, 0.15) is 5.75 Å². The van der Waals surface area contributed by atoms with Crippen LogP contribution < -0.4 is 10.1 Å². The lowest BCUT2D eigenvalue weighted by molar-refractivity contribution is 0.102. The second kappa shape index (κ2) is 6.57. The molecule has 0 unspecified atom stereocenters. The van der Waals surface area contributed by atoms with Crippen molar-refractivity contribution in [2.45, 2.75) is 25.3 Å². The number of rotatable bonds is 5. The average molecular weight is 307 g/mol. The van der Waals surface area contributed by atoms with Crippen molar-refractivity contribution >= 4 is 23.6 Å². The summed E-state index contributed by atoms with van der Waals surface area (Å²) >= 11 is 1.54.